The first kappa shape index (κ1) is 14.3. The summed E-state index contributed by atoms with van der Waals surface area (Å²) in [5.41, 5.74) is 6.37. The Hall–Kier alpha value is -1.67. The standard InChI is InChI=1S/C19H22FN/c1-12-4-5-13(2)18(10-12)14(3)21-19-9-6-15-11-16(20)7-8-17(15)19/h4-5,7-8,10-11,14,19,21H,6,9H2,1-3H3. The van der Waals surface area contributed by atoms with Crippen LogP contribution in [0.25, 0.3) is 0 Å². The summed E-state index contributed by atoms with van der Waals surface area (Å²) in [5.74, 6) is -0.128. The second-order valence-electron chi connectivity index (χ2n) is 6.18. The smallest absolute Gasteiger partial charge is 0.123 e. The number of hydrogen-bond donors (Lipinski definition) is 1. The lowest BCUT2D eigenvalue weighted by molar-refractivity contribution is 0.463. The van der Waals surface area contributed by atoms with Crippen LogP contribution in [0.5, 0.6) is 0 Å². The van der Waals surface area contributed by atoms with Gasteiger partial charge in [-0.25, -0.2) is 4.39 Å². The molecule has 1 nitrogen and oxygen atoms in total. The number of halogens is 1. The molecule has 1 aliphatic rings. The van der Waals surface area contributed by atoms with E-state index in [-0.39, 0.29) is 5.82 Å². The maximum Gasteiger partial charge on any atom is 0.123 e. The Kier molecular flexibility index (Phi) is 3.81. The highest BCUT2D eigenvalue weighted by Crippen LogP contribution is 2.33. The van der Waals surface area contributed by atoms with E-state index in [1.807, 2.05) is 6.07 Å². The highest BCUT2D eigenvalue weighted by Gasteiger charge is 2.24. The Morgan fingerprint density at radius 3 is 2.76 bits per heavy atom. The van der Waals surface area contributed by atoms with Gasteiger partial charge in [0.25, 0.3) is 0 Å². The number of rotatable bonds is 3. The van der Waals surface area contributed by atoms with Gasteiger partial charge in [0.15, 0.2) is 0 Å². The third-order valence-corrected chi connectivity index (χ3v) is 4.54. The fourth-order valence-electron chi connectivity index (χ4n) is 3.38. The first-order chi connectivity index (χ1) is 10.0. The van der Waals surface area contributed by atoms with Crippen LogP contribution in [-0.2, 0) is 6.42 Å². The normalized spacial score (nSPS) is 18.6. The molecule has 0 aromatic heterocycles. The molecule has 2 atom stereocenters. The van der Waals surface area contributed by atoms with Crippen LogP contribution in [0.15, 0.2) is 36.4 Å². The van der Waals surface area contributed by atoms with Crippen molar-refractivity contribution in [1.29, 1.82) is 0 Å². The molecule has 0 saturated heterocycles. The van der Waals surface area contributed by atoms with Crippen molar-refractivity contribution in [2.75, 3.05) is 0 Å². The Morgan fingerprint density at radius 2 is 1.95 bits per heavy atom. The van der Waals surface area contributed by atoms with Crippen molar-refractivity contribution in [1.82, 2.24) is 5.32 Å². The van der Waals surface area contributed by atoms with Gasteiger partial charge < -0.3 is 5.32 Å². The van der Waals surface area contributed by atoms with E-state index in [0.717, 1.165) is 18.4 Å². The molecule has 0 fully saturated rings. The van der Waals surface area contributed by atoms with Crippen LogP contribution < -0.4 is 5.32 Å². The van der Waals surface area contributed by atoms with E-state index in [9.17, 15) is 4.39 Å². The molecule has 0 aliphatic heterocycles. The van der Waals surface area contributed by atoms with Gasteiger partial charge in [-0.15, -0.1) is 0 Å². The molecular weight excluding hydrogens is 261 g/mol. The number of fused-ring (bicyclic) bond motifs is 1. The van der Waals surface area contributed by atoms with E-state index in [4.69, 9.17) is 0 Å². The molecule has 0 amide bonds. The second kappa shape index (κ2) is 5.61. The molecule has 2 heteroatoms. The molecule has 2 aromatic carbocycles. The van der Waals surface area contributed by atoms with Gasteiger partial charge in [-0.1, -0.05) is 29.8 Å². The molecule has 0 radical (unpaired) electrons. The lowest BCUT2D eigenvalue weighted by Crippen LogP contribution is -2.23. The summed E-state index contributed by atoms with van der Waals surface area (Å²) in [6.45, 7) is 6.50. The summed E-state index contributed by atoms with van der Waals surface area (Å²) in [6, 6.07) is 12.4. The Labute approximate surface area is 126 Å². The summed E-state index contributed by atoms with van der Waals surface area (Å²) < 4.78 is 13.3. The van der Waals surface area contributed by atoms with Crippen LogP contribution in [0.2, 0.25) is 0 Å². The molecule has 21 heavy (non-hydrogen) atoms. The van der Waals surface area contributed by atoms with Crippen molar-refractivity contribution in [3.05, 3.63) is 70.0 Å². The van der Waals surface area contributed by atoms with Gasteiger partial charge in [-0.3, -0.25) is 0 Å². The molecule has 110 valence electrons. The summed E-state index contributed by atoms with van der Waals surface area (Å²) in [7, 11) is 0. The number of benzene rings is 2. The van der Waals surface area contributed by atoms with Crippen LogP contribution in [0.3, 0.4) is 0 Å². The first-order valence-electron chi connectivity index (χ1n) is 7.66. The maximum absolute atomic E-state index is 13.3. The Morgan fingerprint density at radius 1 is 1.14 bits per heavy atom. The lowest BCUT2D eigenvalue weighted by atomic mass is 9.98. The van der Waals surface area contributed by atoms with Crippen molar-refractivity contribution in [3.8, 4) is 0 Å². The number of hydrogen-bond acceptors (Lipinski definition) is 1. The zero-order valence-electron chi connectivity index (χ0n) is 12.9. The van der Waals surface area contributed by atoms with E-state index < -0.39 is 0 Å². The summed E-state index contributed by atoms with van der Waals surface area (Å²) >= 11 is 0. The fourth-order valence-corrected chi connectivity index (χ4v) is 3.38. The molecule has 0 saturated carbocycles. The molecule has 2 aromatic rings. The largest absolute Gasteiger partial charge is 0.303 e. The third-order valence-electron chi connectivity index (χ3n) is 4.54. The minimum absolute atomic E-state index is 0.128. The lowest BCUT2D eigenvalue weighted by Gasteiger charge is -2.22. The van der Waals surface area contributed by atoms with E-state index in [0.29, 0.717) is 12.1 Å². The van der Waals surface area contributed by atoms with E-state index >= 15 is 0 Å². The van der Waals surface area contributed by atoms with Crippen molar-refractivity contribution in [3.63, 3.8) is 0 Å². The van der Waals surface area contributed by atoms with Gasteiger partial charge in [-0.05, 0) is 68.0 Å². The van der Waals surface area contributed by atoms with Crippen LogP contribution in [0.1, 0.15) is 53.2 Å². The van der Waals surface area contributed by atoms with Crippen LogP contribution in [0, 0.1) is 19.7 Å². The second-order valence-corrected chi connectivity index (χ2v) is 6.18. The number of aryl methyl sites for hydroxylation is 3. The Bertz CT molecular complexity index is 663. The van der Waals surface area contributed by atoms with Gasteiger partial charge in [0.2, 0.25) is 0 Å². The van der Waals surface area contributed by atoms with Gasteiger partial charge in [0, 0.05) is 12.1 Å². The zero-order chi connectivity index (χ0) is 15.0. The zero-order valence-corrected chi connectivity index (χ0v) is 12.9. The Balaban J connectivity index is 1.81. The predicted molar refractivity (Wildman–Crippen MR) is 84.9 cm³/mol. The van der Waals surface area contributed by atoms with Gasteiger partial charge >= 0.3 is 0 Å². The summed E-state index contributed by atoms with van der Waals surface area (Å²) in [4.78, 5) is 0. The summed E-state index contributed by atoms with van der Waals surface area (Å²) in [5, 5.41) is 3.72. The minimum Gasteiger partial charge on any atom is -0.303 e. The molecule has 0 spiro atoms. The van der Waals surface area contributed by atoms with Crippen LogP contribution >= 0.6 is 0 Å². The molecule has 1 N–H and O–H groups in total. The van der Waals surface area contributed by atoms with Crippen molar-refractivity contribution < 1.29 is 4.39 Å². The van der Waals surface area contributed by atoms with E-state index in [1.54, 1.807) is 12.1 Å². The SMILES string of the molecule is Cc1ccc(C)c(C(C)NC2CCc3cc(F)ccc32)c1. The molecule has 0 heterocycles. The van der Waals surface area contributed by atoms with Crippen molar-refractivity contribution in [2.45, 2.75) is 45.7 Å². The molecule has 3 rings (SSSR count). The van der Waals surface area contributed by atoms with Crippen molar-refractivity contribution >= 4 is 0 Å². The van der Waals surface area contributed by atoms with Gasteiger partial charge in [0.05, 0.1) is 0 Å². The number of nitrogens with one attached hydrogen (secondary N) is 1. The third kappa shape index (κ3) is 2.86. The summed E-state index contributed by atoms with van der Waals surface area (Å²) in [6.07, 6.45) is 2.01. The molecule has 1 aliphatic carbocycles. The van der Waals surface area contributed by atoms with Crippen LogP contribution in [-0.4, -0.2) is 0 Å². The molecule has 0 bridgehead atoms. The minimum atomic E-state index is -0.128. The maximum atomic E-state index is 13.3. The average Bonchev–Trinajstić information content (AvgIpc) is 2.83. The topological polar surface area (TPSA) is 12.0 Å². The monoisotopic (exact) mass is 283 g/mol. The fraction of sp³-hybridized carbons (Fsp3) is 0.368. The van der Waals surface area contributed by atoms with E-state index in [1.165, 1.54) is 22.3 Å². The highest BCUT2D eigenvalue weighted by atomic mass is 19.1. The molecule has 2 unspecified atom stereocenters. The predicted octanol–water partition coefficient (Wildman–Crippen LogP) is 4.78. The van der Waals surface area contributed by atoms with Gasteiger partial charge in [0.1, 0.15) is 5.82 Å². The highest BCUT2D eigenvalue weighted by molar-refractivity contribution is 5.37. The quantitative estimate of drug-likeness (QED) is 0.854. The molecular formula is C19H22FN. The van der Waals surface area contributed by atoms with Crippen molar-refractivity contribution in [2.24, 2.45) is 0 Å². The van der Waals surface area contributed by atoms with E-state index in [2.05, 4.69) is 44.3 Å². The van der Waals surface area contributed by atoms with Crippen LogP contribution in [0.4, 0.5) is 4.39 Å². The first-order valence-corrected chi connectivity index (χ1v) is 7.66. The van der Waals surface area contributed by atoms with Gasteiger partial charge in [-0.2, -0.15) is 0 Å². The average molecular weight is 283 g/mol.